The quantitative estimate of drug-likeness (QED) is 0.442. The van der Waals surface area contributed by atoms with Gasteiger partial charge in [0.2, 0.25) is 5.88 Å². The van der Waals surface area contributed by atoms with Gasteiger partial charge in [-0.15, -0.1) is 0 Å². The number of esters is 1. The molecule has 0 atom stereocenters. The third kappa shape index (κ3) is 4.90. The number of carbonyl (C=O) groups is 1. The fourth-order valence-corrected chi connectivity index (χ4v) is 3.18. The Labute approximate surface area is 177 Å². The third-order valence-electron chi connectivity index (χ3n) is 4.12. The Kier molecular flexibility index (Phi) is 6.00. The highest BCUT2D eigenvalue weighted by atomic mass is 32.2. The molecule has 0 aliphatic rings. The van der Waals surface area contributed by atoms with Crippen LogP contribution in [0.2, 0.25) is 0 Å². The van der Waals surface area contributed by atoms with Gasteiger partial charge in [-0.25, -0.2) is 32.0 Å². The van der Waals surface area contributed by atoms with Crippen LogP contribution in [0.5, 0.6) is 5.88 Å². The van der Waals surface area contributed by atoms with Crippen molar-refractivity contribution >= 4 is 15.8 Å². The predicted octanol–water partition coefficient (Wildman–Crippen LogP) is 3.65. The van der Waals surface area contributed by atoms with Crippen LogP contribution < -0.4 is 4.74 Å². The minimum Gasteiger partial charge on any atom is -0.400 e. The number of nitrogens with zero attached hydrogens (tertiary/aromatic N) is 3. The molecule has 0 fully saturated rings. The van der Waals surface area contributed by atoms with Crippen LogP contribution in [0.1, 0.15) is 17.8 Å². The van der Waals surface area contributed by atoms with Gasteiger partial charge in [-0.1, -0.05) is 0 Å². The first-order valence-corrected chi connectivity index (χ1v) is 10.5. The van der Waals surface area contributed by atoms with Crippen molar-refractivity contribution in [3.05, 3.63) is 42.0 Å². The van der Waals surface area contributed by atoms with Crippen molar-refractivity contribution in [3.8, 4) is 28.5 Å². The number of hydrogen-bond acceptors (Lipinski definition) is 7. The molecule has 0 bridgehead atoms. The molecule has 32 heavy (non-hydrogen) atoms. The summed E-state index contributed by atoms with van der Waals surface area (Å²) in [4.78, 5) is 24.9. The monoisotopic (exact) mass is 476 g/mol. The SMILES string of the molecule is Cc1[nH]c(-c2cc(-c3cc(S(C)(=O)=O)cnc3OC(=O)C(F)(F)F)ccn2)nc1C(F)F. The summed E-state index contributed by atoms with van der Waals surface area (Å²) in [5, 5.41) is 0. The minimum absolute atomic E-state index is 0.0235. The third-order valence-corrected chi connectivity index (χ3v) is 5.20. The van der Waals surface area contributed by atoms with Gasteiger partial charge in [0.1, 0.15) is 11.4 Å². The predicted molar refractivity (Wildman–Crippen MR) is 99.5 cm³/mol. The number of halogens is 5. The lowest BCUT2D eigenvalue weighted by atomic mass is 10.1. The lowest BCUT2D eigenvalue weighted by Gasteiger charge is -2.12. The van der Waals surface area contributed by atoms with Crippen LogP contribution in [0, 0.1) is 6.92 Å². The molecule has 0 aliphatic heterocycles. The smallest absolute Gasteiger partial charge is 0.400 e. The molecule has 1 N–H and O–H groups in total. The second-order valence-corrected chi connectivity index (χ2v) is 8.53. The van der Waals surface area contributed by atoms with Gasteiger partial charge in [-0.2, -0.15) is 13.2 Å². The maximum atomic E-state index is 13.0. The zero-order valence-corrected chi connectivity index (χ0v) is 17.1. The maximum Gasteiger partial charge on any atom is 0.491 e. The summed E-state index contributed by atoms with van der Waals surface area (Å²) < 4.78 is 92.0. The van der Waals surface area contributed by atoms with Gasteiger partial charge in [0.25, 0.3) is 6.43 Å². The maximum absolute atomic E-state index is 13.0. The van der Waals surface area contributed by atoms with E-state index >= 15 is 0 Å². The first-order chi connectivity index (χ1) is 14.8. The van der Waals surface area contributed by atoms with Crippen molar-refractivity contribution in [2.75, 3.05) is 6.26 Å². The van der Waals surface area contributed by atoms with Gasteiger partial charge >= 0.3 is 12.1 Å². The van der Waals surface area contributed by atoms with E-state index in [2.05, 4.69) is 24.7 Å². The van der Waals surface area contributed by atoms with Crippen molar-refractivity contribution in [2.45, 2.75) is 24.4 Å². The fraction of sp³-hybridized carbons (Fsp3) is 0.222. The van der Waals surface area contributed by atoms with E-state index in [-0.39, 0.29) is 33.2 Å². The molecule has 3 aromatic heterocycles. The largest absolute Gasteiger partial charge is 0.491 e. The molecule has 3 aromatic rings. The number of sulfone groups is 1. The molecule has 0 spiro atoms. The molecule has 3 rings (SSSR count). The molecule has 8 nitrogen and oxygen atoms in total. The Bertz CT molecular complexity index is 1290. The van der Waals surface area contributed by atoms with Crippen LogP contribution in [0.15, 0.2) is 35.5 Å². The minimum atomic E-state index is -5.32. The Morgan fingerprint density at radius 3 is 2.44 bits per heavy atom. The first kappa shape index (κ1) is 23.2. The highest BCUT2D eigenvalue weighted by Gasteiger charge is 2.42. The number of imidazole rings is 1. The first-order valence-electron chi connectivity index (χ1n) is 8.58. The van der Waals surface area contributed by atoms with E-state index in [1.54, 1.807) is 0 Å². The zero-order valence-electron chi connectivity index (χ0n) is 16.2. The van der Waals surface area contributed by atoms with Crippen LogP contribution in [0.25, 0.3) is 22.6 Å². The molecular weight excluding hydrogens is 463 g/mol. The van der Waals surface area contributed by atoms with Gasteiger partial charge in [-0.05, 0) is 30.7 Å². The highest BCUT2D eigenvalue weighted by Crippen LogP contribution is 2.33. The van der Waals surface area contributed by atoms with E-state index in [4.69, 9.17) is 0 Å². The molecule has 0 amide bonds. The molecule has 0 aromatic carbocycles. The summed E-state index contributed by atoms with van der Waals surface area (Å²) in [6.45, 7) is 1.37. The van der Waals surface area contributed by atoms with E-state index in [0.717, 1.165) is 18.5 Å². The molecule has 0 saturated heterocycles. The summed E-state index contributed by atoms with van der Waals surface area (Å²) in [6, 6.07) is 3.49. The number of carbonyl (C=O) groups excluding carboxylic acids is 1. The molecule has 170 valence electrons. The van der Waals surface area contributed by atoms with Crippen molar-refractivity contribution < 1.29 is 39.9 Å². The zero-order chi connectivity index (χ0) is 23.8. The second-order valence-electron chi connectivity index (χ2n) is 6.51. The number of aromatic nitrogens is 4. The number of alkyl halides is 5. The van der Waals surface area contributed by atoms with Crippen LogP contribution >= 0.6 is 0 Å². The summed E-state index contributed by atoms with van der Waals surface area (Å²) >= 11 is 0. The number of ether oxygens (including phenoxy) is 1. The van der Waals surface area contributed by atoms with Crippen molar-refractivity contribution in [2.24, 2.45) is 0 Å². The van der Waals surface area contributed by atoms with Gasteiger partial charge < -0.3 is 9.72 Å². The Morgan fingerprint density at radius 1 is 1.19 bits per heavy atom. The normalized spacial score (nSPS) is 12.2. The van der Waals surface area contributed by atoms with E-state index < -0.39 is 40.0 Å². The van der Waals surface area contributed by atoms with Gasteiger partial charge in [0.15, 0.2) is 15.7 Å². The van der Waals surface area contributed by atoms with Gasteiger partial charge in [0, 0.05) is 29.9 Å². The average Bonchev–Trinajstić information content (AvgIpc) is 3.09. The molecule has 14 heteroatoms. The number of H-pyrrole nitrogens is 1. The lowest BCUT2D eigenvalue weighted by molar-refractivity contribution is -0.189. The highest BCUT2D eigenvalue weighted by molar-refractivity contribution is 7.90. The van der Waals surface area contributed by atoms with E-state index in [1.807, 2.05) is 0 Å². The standard InChI is InChI=1S/C18H13F5N4O4S/c1-8-13(14(19)20)27-15(26-8)12-5-9(3-4-24-12)11-6-10(32(2,29)30)7-25-16(11)31-17(28)18(21,22)23/h3-7,14H,1-2H3,(H,26,27). The Balaban J connectivity index is 2.14. The number of hydrogen-bond donors (Lipinski definition) is 1. The van der Waals surface area contributed by atoms with Crippen LogP contribution in [-0.4, -0.2) is 46.8 Å². The van der Waals surface area contributed by atoms with Crippen LogP contribution in [0.3, 0.4) is 0 Å². The number of aryl methyl sites for hydroxylation is 1. The number of nitrogens with one attached hydrogen (secondary N) is 1. The topological polar surface area (TPSA) is 115 Å². The molecule has 3 heterocycles. The molecule has 0 unspecified atom stereocenters. The van der Waals surface area contributed by atoms with Crippen LogP contribution in [-0.2, 0) is 14.6 Å². The molecule has 0 saturated carbocycles. The summed E-state index contributed by atoms with van der Waals surface area (Å²) in [5.74, 6) is -3.42. The Hall–Kier alpha value is -3.42. The van der Waals surface area contributed by atoms with Gasteiger partial charge in [-0.3, -0.25) is 4.98 Å². The lowest BCUT2D eigenvalue weighted by Crippen LogP contribution is -2.28. The molecular formula is C18H13F5N4O4S. The van der Waals surface area contributed by atoms with Gasteiger partial charge in [0.05, 0.1) is 4.90 Å². The van der Waals surface area contributed by atoms with Crippen molar-refractivity contribution in [1.29, 1.82) is 0 Å². The van der Waals surface area contributed by atoms with Crippen molar-refractivity contribution in [1.82, 2.24) is 19.9 Å². The van der Waals surface area contributed by atoms with E-state index in [1.165, 1.54) is 25.3 Å². The number of pyridine rings is 2. The average molecular weight is 476 g/mol. The second kappa shape index (κ2) is 8.26. The van der Waals surface area contributed by atoms with Crippen LogP contribution in [0.4, 0.5) is 22.0 Å². The summed E-state index contributed by atoms with van der Waals surface area (Å²) in [6.07, 6.45) is -5.40. The molecule has 0 radical (unpaired) electrons. The van der Waals surface area contributed by atoms with E-state index in [9.17, 15) is 35.2 Å². The number of rotatable bonds is 5. The summed E-state index contributed by atoms with van der Waals surface area (Å²) in [7, 11) is -3.82. The fourth-order valence-electron chi connectivity index (χ4n) is 2.60. The molecule has 0 aliphatic carbocycles. The Morgan fingerprint density at radius 2 is 1.88 bits per heavy atom. The summed E-state index contributed by atoms with van der Waals surface area (Å²) in [5.41, 5.74) is -0.622. The number of aromatic amines is 1. The van der Waals surface area contributed by atoms with Crippen molar-refractivity contribution in [3.63, 3.8) is 0 Å². The van der Waals surface area contributed by atoms with E-state index in [0.29, 0.717) is 0 Å².